The number of nitro benzene ring substituents is 1. The molecule has 0 aromatic heterocycles. The lowest BCUT2D eigenvalue weighted by Crippen LogP contribution is -2.11. The van der Waals surface area contributed by atoms with Crippen molar-refractivity contribution in [3.63, 3.8) is 0 Å². The molecule has 1 rings (SSSR count). The van der Waals surface area contributed by atoms with E-state index in [0.29, 0.717) is 6.07 Å². The van der Waals surface area contributed by atoms with Gasteiger partial charge in [0.05, 0.1) is 4.92 Å². The molecule has 0 amide bonds. The summed E-state index contributed by atoms with van der Waals surface area (Å²) in [5, 5.41) is 12.9. The first-order valence-electron chi connectivity index (χ1n) is 5.58. The van der Waals surface area contributed by atoms with Gasteiger partial charge in [0.1, 0.15) is 0 Å². The van der Waals surface area contributed by atoms with E-state index < -0.39 is 35.2 Å². The number of benzene rings is 1. The standard InChI is InChI=1S/C11H11F5N2O2/c12-10(13)8-6-7(18(19)20)2-3-9(8)17-5-1-4-11(14,15)16/h2-3,6,10,17H,1,4-5H2. The lowest BCUT2D eigenvalue weighted by Gasteiger charge is -2.12. The Morgan fingerprint density at radius 3 is 2.45 bits per heavy atom. The van der Waals surface area contributed by atoms with Gasteiger partial charge in [-0.15, -0.1) is 0 Å². The highest BCUT2D eigenvalue weighted by Crippen LogP contribution is 2.31. The monoisotopic (exact) mass is 298 g/mol. The van der Waals surface area contributed by atoms with Gasteiger partial charge >= 0.3 is 6.18 Å². The quantitative estimate of drug-likeness (QED) is 0.369. The molecular formula is C11H11F5N2O2. The zero-order valence-corrected chi connectivity index (χ0v) is 10.1. The molecule has 0 aliphatic rings. The van der Waals surface area contributed by atoms with Crippen molar-refractivity contribution in [2.24, 2.45) is 0 Å². The van der Waals surface area contributed by atoms with Crippen LogP contribution in [0.1, 0.15) is 24.8 Å². The number of nitrogens with one attached hydrogen (secondary N) is 1. The van der Waals surface area contributed by atoms with Gasteiger partial charge in [-0.1, -0.05) is 0 Å². The third-order valence-electron chi connectivity index (χ3n) is 2.43. The molecule has 0 saturated heterocycles. The van der Waals surface area contributed by atoms with E-state index in [-0.39, 0.29) is 18.7 Å². The molecule has 0 aliphatic carbocycles. The fourth-order valence-electron chi connectivity index (χ4n) is 1.52. The second-order valence-electron chi connectivity index (χ2n) is 3.97. The van der Waals surface area contributed by atoms with Crippen LogP contribution in [0.5, 0.6) is 0 Å². The minimum atomic E-state index is -4.30. The zero-order valence-electron chi connectivity index (χ0n) is 10.1. The van der Waals surface area contributed by atoms with Crippen LogP contribution < -0.4 is 5.32 Å². The number of alkyl halides is 5. The summed E-state index contributed by atoms with van der Waals surface area (Å²) in [5.41, 5.74) is -1.21. The van der Waals surface area contributed by atoms with E-state index >= 15 is 0 Å². The van der Waals surface area contributed by atoms with E-state index in [1.165, 1.54) is 0 Å². The molecule has 0 fully saturated rings. The van der Waals surface area contributed by atoms with Crippen LogP contribution >= 0.6 is 0 Å². The van der Waals surface area contributed by atoms with E-state index in [9.17, 15) is 32.1 Å². The molecule has 0 saturated carbocycles. The summed E-state index contributed by atoms with van der Waals surface area (Å²) < 4.78 is 61.2. The maximum absolute atomic E-state index is 12.7. The maximum atomic E-state index is 12.7. The third-order valence-corrected chi connectivity index (χ3v) is 2.43. The van der Waals surface area contributed by atoms with Gasteiger partial charge in [0.25, 0.3) is 12.1 Å². The maximum Gasteiger partial charge on any atom is 0.389 e. The smallest absolute Gasteiger partial charge is 0.385 e. The molecule has 0 radical (unpaired) electrons. The number of nitro groups is 1. The highest BCUT2D eigenvalue weighted by Gasteiger charge is 2.26. The Balaban J connectivity index is 2.72. The Morgan fingerprint density at radius 1 is 1.30 bits per heavy atom. The Morgan fingerprint density at radius 2 is 1.95 bits per heavy atom. The number of non-ortho nitro benzene ring substituents is 1. The van der Waals surface area contributed by atoms with E-state index in [4.69, 9.17) is 0 Å². The van der Waals surface area contributed by atoms with Crippen LogP contribution in [0.3, 0.4) is 0 Å². The summed E-state index contributed by atoms with van der Waals surface area (Å²) in [5.74, 6) is 0. The Hall–Kier alpha value is -1.93. The first kappa shape index (κ1) is 16.1. The van der Waals surface area contributed by atoms with Crippen molar-refractivity contribution in [3.05, 3.63) is 33.9 Å². The SMILES string of the molecule is O=[N+]([O-])c1ccc(NCCCC(F)(F)F)c(C(F)F)c1. The number of halogens is 5. The van der Waals surface area contributed by atoms with Gasteiger partial charge < -0.3 is 5.32 Å². The average Bonchev–Trinajstić information content (AvgIpc) is 2.33. The van der Waals surface area contributed by atoms with Crippen molar-refractivity contribution >= 4 is 11.4 Å². The van der Waals surface area contributed by atoms with Crippen molar-refractivity contribution in [1.29, 1.82) is 0 Å². The Bertz CT molecular complexity index is 476. The molecule has 0 heterocycles. The van der Waals surface area contributed by atoms with Crippen molar-refractivity contribution in [2.75, 3.05) is 11.9 Å². The van der Waals surface area contributed by atoms with Crippen molar-refractivity contribution < 1.29 is 26.9 Å². The van der Waals surface area contributed by atoms with Crippen molar-refractivity contribution in [1.82, 2.24) is 0 Å². The highest BCUT2D eigenvalue weighted by molar-refractivity contribution is 5.56. The number of anilines is 1. The molecule has 9 heteroatoms. The second kappa shape index (κ2) is 6.49. The van der Waals surface area contributed by atoms with Gasteiger partial charge in [-0.05, 0) is 12.5 Å². The number of rotatable bonds is 6. The Kier molecular flexibility index (Phi) is 5.23. The predicted molar refractivity (Wildman–Crippen MR) is 61.8 cm³/mol. The molecule has 0 aliphatic heterocycles. The van der Waals surface area contributed by atoms with Gasteiger partial charge in [0, 0.05) is 36.3 Å². The van der Waals surface area contributed by atoms with E-state index in [1.807, 2.05) is 0 Å². The molecule has 1 N–H and O–H groups in total. The third kappa shape index (κ3) is 4.98. The minimum Gasteiger partial charge on any atom is -0.385 e. The van der Waals surface area contributed by atoms with Crippen LogP contribution in [0.2, 0.25) is 0 Å². The second-order valence-corrected chi connectivity index (χ2v) is 3.97. The van der Waals surface area contributed by atoms with E-state index in [1.54, 1.807) is 0 Å². The lowest BCUT2D eigenvalue weighted by atomic mass is 10.1. The molecule has 0 unspecified atom stereocenters. The molecule has 0 atom stereocenters. The summed E-state index contributed by atoms with van der Waals surface area (Å²) >= 11 is 0. The first-order chi connectivity index (χ1) is 9.20. The Labute approximate surface area is 110 Å². The van der Waals surface area contributed by atoms with Crippen LogP contribution in [0.4, 0.5) is 33.3 Å². The van der Waals surface area contributed by atoms with Crippen LogP contribution in [0.25, 0.3) is 0 Å². The van der Waals surface area contributed by atoms with Gasteiger partial charge in [0.15, 0.2) is 0 Å². The molecule has 20 heavy (non-hydrogen) atoms. The van der Waals surface area contributed by atoms with Crippen LogP contribution in [-0.2, 0) is 0 Å². The lowest BCUT2D eigenvalue weighted by molar-refractivity contribution is -0.385. The van der Waals surface area contributed by atoms with E-state index in [2.05, 4.69) is 5.32 Å². The number of hydrogen-bond donors (Lipinski definition) is 1. The molecule has 1 aromatic rings. The fourth-order valence-corrected chi connectivity index (χ4v) is 1.52. The van der Waals surface area contributed by atoms with Crippen LogP contribution in [0.15, 0.2) is 18.2 Å². The number of nitrogens with zero attached hydrogens (tertiary/aromatic N) is 1. The van der Waals surface area contributed by atoms with E-state index in [0.717, 1.165) is 12.1 Å². The molecule has 0 bridgehead atoms. The number of hydrogen-bond acceptors (Lipinski definition) is 3. The van der Waals surface area contributed by atoms with Gasteiger partial charge in [-0.25, -0.2) is 8.78 Å². The van der Waals surface area contributed by atoms with Crippen molar-refractivity contribution in [3.8, 4) is 0 Å². The zero-order chi connectivity index (χ0) is 15.3. The minimum absolute atomic E-state index is 0.104. The summed E-state index contributed by atoms with van der Waals surface area (Å²) in [4.78, 5) is 9.65. The molecule has 112 valence electrons. The fraction of sp³-hybridized carbons (Fsp3) is 0.455. The highest BCUT2D eigenvalue weighted by atomic mass is 19.4. The summed E-state index contributed by atoms with van der Waals surface area (Å²) in [6.07, 6.45) is -8.57. The predicted octanol–water partition coefficient (Wildman–Crippen LogP) is 4.29. The average molecular weight is 298 g/mol. The summed E-state index contributed by atoms with van der Waals surface area (Å²) in [6.45, 7) is -0.156. The van der Waals surface area contributed by atoms with Gasteiger partial charge in [-0.3, -0.25) is 10.1 Å². The van der Waals surface area contributed by atoms with Crippen LogP contribution in [-0.4, -0.2) is 17.6 Å². The largest absolute Gasteiger partial charge is 0.389 e. The summed E-state index contributed by atoms with van der Waals surface area (Å²) in [7, 11) is 0. The van der Waals surface area contributed by atoms with Gasteiger partial charge in [0.2, 0.25) is 0 Å². The first-order valence-corrected chi connectivity index (χ1v) is 5.58. The summed E-state index contributed by atoms with van der Waals surface area (Å²) in [6, 6.07) is 2.78. The van der Waals surface area contributed by atoms with Crippen molar-refractivity contribution in [2.45, 2.75) is 25.4 Å². The normalized spacial score (nSPS) is 11.7. The molecule has 4 nitrogen and oxygen atoms in total. The molecule has 0 spiro atoms. The molecule has 1 aromatic carbocycles. The van der Waals surface area contributed by atoms with Crippen LogP contribution in [0, 0.1) is 10.1 Å². The topological polar surface area (TPSA) is 55.2 Å². The molecular weight excluding hydrogens is 287 g/mol. The van der Waals surface area contributed by atoms with Gasteiger partial charge in [-0.2, -0.15) is 13.2 Å².